The summed E-state index contributed by atoms with van der Waals surface area (Å²) in [5, 5.41) is 23.1. The lowest BCUT2D eigenvalue weighted by Crippen LogP contribution is -2.54. The molecule has 0 saturated heterocycles. The highest BCUT2D eigenvalue weighted by Gasteiger charge is 2.45. The monoisotopic (exact) mass is 318 g/mol. The molecule has 0 fully saturated rings. The van der Waals surface area contributed by atoms with Crippen molar-refractivity contribution in [2.24, 2.45) is 0 Å². The molecule has 1 aromatic rings. The minimum atomic E-state index is -0.795. The molecule has 1 aliphatic rings. The van der Waals surface area contributed by atoms with Crippen molar-refractivity contribution in [3.8, 4) is 11.8 Å². The Labute approximate surface area is 137 Å². The standard InChI is InChI=1S/C17H22N2O2S/c1-16(2,3)19-15(22)13-11-8-10(9-18)6-7-12(11)21-17(4,5)14(13)20/h6-8,13-14,20H,1-5H3,(H,19,22)/t13-,14-/m0/s1. The van der Waals surface area contributed by atoms with Gasteiger partial charge in [0, 0.05) is 11.1 Å². The van der Waals surface area contributed by atoms with Crippen molar-refractivity contribution in [2.45, 2.75) is 57.8 Å². The molecular weight excluding hydrogens is 296 g/mol. The number of aliphatic hydroxyl groups is 1. The fourth-order valence-electron chi connectivity index (χ4n) is 2.60. The normalized spacial score (nSPS) is 23.0. The summed E-state index contributed by atoms with van der Waals surface area (Å²) in [6, 6.07) is 7.35. The smallest absolute Gasteiger partial charge is 0.130 e. The van der Waals surface area contributed by atoms with Crippen LogP contribution in [0.25, 0.3) is 0 Å². The highest BCUT2D eigenvalue weighted by atomic mass is 32.1. The second-order valence-electron chi connectivity index (χ2n) is 7.23. The van der Waals surface area contributed by atoms with Gasteiger partial charge in [0.05, 0.1) is 22.5 Å². The number of hydrogen-bond acceptors (Lipinski definition) is 4. The van der Waals surface area contributed by atoms with Crippen molar-refractivity contribution in [2.75, 3.05) is 0 Å². The average molecular weight is 318 g/mol. The molecule has 0 aromatic heterocycles. The van der Waals surface area contributed by atoms with Crippen LogP contribution in [0, 0.1) is 11.3 Å². The van der Waals surface area contributed by atoms with Gasteiger partial charge in [0.15, 0.2) is 0 Å². The van der Waals surface area contributed by atoms with Crippen LogP contribution >= 0.6 is 12.2 Å². The molecule has 0 radical (unpaired) electrons. The minimum Gasteiger partial charge on any atom is -0.485 e. The van der Waals surface area contributed by atoms with Gasteiger partial charge in [0.25, 0.3) is 0 Å². The van der Waals surface area contributed by atoms with Gasteiger partial charge in [-0.15, -0.1) is 0 Å². The van der Waals surface area contributed by atoms with E-state index in [-0.39, 0.29) is 5.54 Å². The van der Waals surface area contributed by atoms with Crippen LogP contribution in [0.1, 0.15) is 51.7 Å². The van der Waals surface area contributed by atoms with E-state index in [1.54, 1.807) is 18.2 Å². The molecule has 2 N–H and O–H groups in total. The van der Waals surface area contributed by atoms with Gasteiger partial charge in [0.2, 0.25) is 0 Å². The van der Waals surface area contributed by atoms with Gasteiger partial charge < -0.3 is 15.2 Å². The molecule has 1 heterocycles. The van der Waals surface area contributed by atoms with E-state index in [1.165, 1.54) is 0 Å². The van der Waals surface area contributed by atoms with Crippen LogP contribution in [0.5, 0.6) is 5.75 Å². The van der Waals surface area contributed by atoms with E-state index in [0.29, 0.717) is 16.3 Å². The third-order valence-corrected chi connectivity index (χ3v) is 4.01. The molecule has 4 nitrogen and oxygen atoms in total. The van der Waals surface area contributed by atoms with E-state index in [0.717, 1.165) is 5.56 Å². The van der Waals surface area contributed by atoms with Crippen molar-refractivity contribution in [3.63, 3.8) is 0 Å². The molecule has 22 heavy (non-hydrogen) atoms. The Morgan fingerprint density at radius 3 is 2.59 bits per heavy atom. The first kappa shape index (κ1) is 16.7. The first-order valence-electron chi connectivity index (χ1n) is 7.28. The quantitative estimate of drug-likeness (QED) is 0.780. The summed E-state index contributed by atoms with van der Waals surface area (Å²) in [4.78, 5) is 0.563. The number of aliphatic hydroxyl groups excluding tert-OH is 1. The third-order valence-electron chi connectivity index (χ3n) is 3.66. The zero-order chi connectivity index (χ0) is 16.7. The number of fused-ring (bicyclic) bond motifs is 1. The van der Waals surface area contributed by atoms with Gasteiger partial charge in [-0.2, -0.15) is 5.26 Å². The van der Waals surface area contributed by atoms with Crippen molar-refractivity contribution < 1.29 is 9.84 Å². The van der Waals surface area contributed by atoms with E-state index in [9.17, 15) is 5.11 Å². The van der Waals surface area contributed by atoms with E-state index in [2.05, 4.69) is 11.4 Å². The molecule has 1 aliphatic heterocycles. The highest BCUT2D eigenvalue weighted by molar-refractivity contribution is 7.80. The van der Waals surface area contributed by atoms with Crippen LogP contribution in [0.15, 0.2) is 18.2 Å². The number of thiocarbonyl (C=S) groups is 1. The Balaban J connectivity index is 2.51. The first-order valence-corrected chi connectivity index (χ1v) is 7.69. The van der Waals surface area contributed by atoms with Crippen LogP contribution < -0.4 is 10.1 Å². The lowest BCUT2D eigenvalue weighted by atomic mass is 9.80. The van der Waals surface area contributed by atoms with E-state index in [1.807, 2.05) is 34.6 Å². The van der Waals surface area contributed by atoms with Crippen LogP contribution in [0.3, 0.4) is 0 Å². The van der Waals surface area contributed by atoms with Gasteiger partial charge in [-0.05, 0) is 52.8 Å². The molecule has 0 bridgehead atoms. The van der Waals surface area contributed by atoms with Crippen LogP contribution in [-0.2, 0) is 0 Å². The molecule has 0 unspecified atom stereocenters. The van der Waals surface area contributed by atoms with Crippen molar-refractivity contribution in [1.29, 1.82) is 5.26 Å². The topological polar surface area (TPSA) is 65.3 Å². The predicted molar refractivity (Wildman–Crippen MR) is 90.1 cm³/mol. The van der Waals surface area contributed by atoms with Crippen LogP contribution in [0.4, 0.5) is 0 Å². The predicted octanol–water partition coefficient (Wildman–Crippen LogP) is 2.89. The molecule has 2 atom stereocenters. The number of nitrogens with zero attached hydrogens (tertiary/aromatic N) is 1. The molecule has 2 rings (SSSR count). The SMILES string of the molecule is CC(C)(C)NC(=S)[C@H]1c2cc(C#N)ccc2OC(C)(C)[C@H]1O. The Kier molecular flexibility index (Phi) is 4.20. The van der Waals surface area contributed by atoms with Crippen LogP contribution in [-0.4, -0.2) is 27.3 Å². The van der Waals surface area contributed by atoms with Crippen LogP contribution in [0.2, 0.25) is 0 Å². The highest BCUT2D eigenvalue weighted by Crippen LogP contribution is 2.42. The fourth-order valence-corrected chi connectivity index (χ4v) is 3.16. The summed E-state index contributed by atoms with van der Waals surface area (Å²) in [6.45, 7) is 9.73. The van der Waals surface area contributed by atoms with Crippen molar-refractivity contribution >= 4 is 17.2 Å². The van der Waals surface area contributed by atoms with E-state index >= 15 is 0 Å². The molecule has 0 amide bonds. The lowest BCUT2D eigenvalue weighted by Gasteiger charge is -2.43. The molecule has 0 saturated carbocycles. The summed E-state index contributed by atoms with van der Waals surface area (Å²) in [5.41, 5.74) is 0.326. The molecule has 0 aliphatic carbocycles. The van der Waals surface area contributed by atoms with Crippen molar-refractivity contribution in [1.82, 2.24) is 5.32 Å². The summed E-state index contributed by atoms with van der Waals surface area (Å²) in [6.07, 6.45) is -0.795. The molecule has 118 valence electrons. The zero-order valence-corrected chi connectivity index (χ0v) is 14.4. The molecule has 0 spiro atoms. The summed E-state index contributed by atoms with van der Waals surface area (Å²) >= 11 is 5.55. The number of rotatable bonds is 1. The number of nitrogens with one attached hydrogen (secondary N) is 1. The molecule has 5 heteroatoms. The molecule has 1 aromatic carbocycles. The van der Waals surface area contributed by atoms with Gasteiger partial charge in [-0.1, -0.05) is 12.2 Å². The number of benzene rings is 1. The largest absolute Gasteiger partial charge is 0.485 e. The minimum absolute atomic E-state index is 0.202. The van der Waals surface area contributed by atoms with Gasteiger partial charge in [-0.25, -0.2) is 0 Å². The van der Waals surface area contributed by atoms with Gasteiger partial charge >= 0.3 is 0 Å². The van der Waals surface area contributed by atoms with Crippen molar-refractivity contribution in [3.05, 3.63) is 29.3 Å². The average Bonchev–Trinajstić information content (AvgIpc) is 2.37. The zero-order valence-electron chi connectivity index (χ0n) is 13.6. The maximum Gasteiger partial charge on any atom is 0.130 e. The fraction of sp³-hybridized carbons (Fsp3) is 0.529. The lowest BCUT2D eigenvalue weighted by molar-refractivity contribution is -0.0469. The van der Waals surface area contributed by atoms with E-state index < -0.39 is 17.6 Å². The van der Waals surface area contributed by atoms with E-state index in [4.69, 9.17) is 22.2 Å². The Bertz CT molecular complexity index is 641. The first-order chi connectivity index (χ1) is 10.0. The summed E-state index contributed by atoms with van der Waals surface area (Å²) in [5.74, 6) is 0.263. The Hall–Kier alpha value is -1.64. The number of hydrogen-bond donors (Lipinski definition) is 2. The van der Waals surface area contributed by atoms with Gasteiger partial charge in [-0.3, -0.25) is 0 Å². The van der Waals surface area contributed by atoms with Gasteiger partial charge in [0.1, 0.15) is 17.5 Å². The Morgan fingerprint density at radius 2 is 2.05 bits per heavy atom. The number of nitriles is 1. The maximum atomic E-state index is 10.7. The second kappa shape index (κ2) is 5.53. The number of ether oxygens (including phenoxy) is 1. The second-order valence-corrected chi connectivity index (χ2v) is 7.67. The maximum absolute atomic E-state index is 10.7. The summed E-state index contributed by atoms with van der Waals surface area (Å²) in [7, 11) is 0. The summed E-state index contributed by atoms with van der Waals surface area (Å²) < 4.78 is 5.89. The Morgan fingerprint density at radius 1 is 1.41 bits per heavy atom. The third kappa shape index (κ3) is 3.23. The molecular formula is C17H22N2O2S.